The molecule has 0 saturated carbocycles. The molecule has 1 heterocycles. The summed E-state index contributed by atoms with van der Waals surface area (Å²) in [5.41, 5.74) is 13.1. The fourth-order valence-corrected chi connectivity index (χ4v) is 2.92. The third kappa shape index (κ3) is 2.47. The zero-order valence-electron chi connectivity index (χ0n) is 13.9. The predicted octanol–water partition coefficient (Wildman–Crippen LogP) is 4.52. The van der Waals surface area contributed by atoms with Crippen LogP contribution in [0, 0.1) is 13.8 Å². The van der Waals surface area contributed by atoms with E-state index < -0.39 is 0 Å². The summed E-state index contributed by atoms with van der Waals surface area (Å²) in [6, 6.07) is 12.9. The third-order valence-electron chi connectivity index (χ3n) is 4.01. The molecule has 0 radical (unpaired) electrons. The van der Waals surface area contributed by atoms with Crippen molar-refractivity contribution in [1.29, 1.82) is 0 Å². The lowest BCUT2D eigenvalue weighted by atomic mass is 9.87. The normalized spacial score (nSPS) is 12.0. The lowest BCUT2D eigenvalue weighted by molar-refractivity contribution is 0.591. The highest BCUT2D eigenvalue weighted by atomic mass is 15.2. The van der Waals surface area contributed by atoms with Crippen LogP contribution in [-0.2, 0) is 5.41 Å². The molecule has 2 aromatic carbocycles. The van der Waals surface area contributed by atoms with Gasteiger partial charge >= 0.3 is 0 Å². The van der Waals surface area contributed by atoms with Gasteiger partial charge in [-0.25, -0.2) is 4.98 Å². The van der Waals surface area contributed by atoms with Crippen LogP contribution in [0.2, 0.25) is 0 Å². The van der Waals surface area contributed by atoms with Crippen molar-refractivity contribution in [2.45, 2.75) is 40.0 Å². The van der Waals surface area contributed by atoms with Crippen molar-refractivity contribution in [3.8, 4) is 5.69 Å². The van der Waals surface area contributed by atoms with Crippen LogP contribution in [0.3, 0.4) is 0 Å². The number of nitrogens with zero attached hydrogens (tertiary/aromatic N) is 2. The van der Waals surface area contributed by atoms with Gasteiger partial charge in [0, 0.05) is 5.69 Å². The predicted molar refractivity (Wildman–Crippen MR) is 93.7 cm³/mol. The average molecular weight is 293 g/mol. The molecular formula is C19H23N3. The van der Waals surface area contributed by atoms with Gasteiger partial charge in [0.15, 0.2) is 0 Å². The van der Waals surface area contributed by atoms with Gasteiger partial charge in [-0.3, -0.25) is 4.57 Å². The van der Waals surface area contributed by atoms with Crippen molar-refractivity contribution >= 4 is 17.0 Å². The Balaban J connectivity index is 2.24. The van der Waals surface area contributed by atoms with Crippen LogP contribution < -0.4 is 5.73 Å². The fraction of sp³-hybridized carbons (Fsp3) is 0.316. The Hall–Kier alpha value is -2.29. The molecule has 3 rings (SSSR count). The Kier molecular flexibility index (Phi) is 3.24. The molecule has 22 heavy (non-hydrogen) atoms. The number of fused-ring (bicyclic) bond motifs is 1. The highest BCUT2D eigenvalue weighted by Crippen LogP contribution is 2.29. The Labute approximate surface area is 131 Å². The first-order valence-corrected chi connectivity index (χ1v) is 7.63. The molecule has 0 aliphatic carbocycles. The molecule has 0 unspecified atom stereocenters. The molecule has 3 aromatic rings. The molecule has 0 aliphatic rings. The first kappa shape index (κ1) is 14.6. The monoisotopic (exact) mass is 293 g/mol. The zero-order valence-corrected chi connectivity index (χ0v) is 13.9. The number of aromatic nitrogens is 2. The van der Waals surface area contributed by atoms with Crippen molar-refractivity contribution < 1.29 is 0 Å². The smallest absolute Gasteiger partial charge is 0.205 e. The van der Waals surface area contributed by atoms with Crippen LogP contribution in [0.4, 0.5) is 5.95 Å². The van der Waals surface area contributed by atoms with Gasteiger partial charge in [0.25, 0.3) is 0 Å². The summed E-state index contributed by atoms with van der Waals surface area (Å²) in [5, 5.41) is 0. The van der Waals surface area contributed by atoms with Gasteiger partial charge in [-0.1, -0.05) is 32.9 Å². The summed E-state index contributed by atoms with van der Waals surface area (Å²) in [4.78, 5) is 4.56. The van der Waals surface area contributed by atoms with Crippen LogP contribution in [0.15, 0.2) is 36.4 Å². The van der Waals surface area contributed by atoms with Crippen LogP contribution >= 0.6 is 0 Å². The largest absolute Gasteiger partial charge is 0.369 e. The summed E-state index contributed by atoms with van der Waals surface area (Å²) < 4.78 is 2.03. The van der Waals surface area contributed by atoms with E-state index in [-0.39, 0.29) is 5.41 Å². The van der Waals surface area contributed by atoms with Crippen molar-refractivity contribution in [3.63, 3.8) is 0 Å². The molecule has 0 atom stereocenters. The summed E-state index contributed by atoms with van der Waals surface area (Å²) in [6.07, 6.45) is 0. The molecule has 0 aliphatic heterocycles. The minimum atomic E-state index is 0.104. The number of nitrogens with two attached hydrogens (primary N) is 1. The molecule has 0 amide bonds. The van der Waals surface area contributed by atoms with Gasteiger partial charge < -0.3 is 5.73 Å². The van der Waals surface area contributed by atoms with E-state index in [1.54, 1.807) is 0 Å². The number of hydrogen-bond donors (Lipinski definition) is 1. The molecule has 3 heteroatoms. The van der Waals surface area contributed by atoms with E-state index >= 15 is 0 Å². The highest BCUT2D eigenvalue weighted by molar-refractivity contribution is 5.82. The zero-order chi connectivity index (χ0) is 16.1. The standard InChI is InChI=1S/C19H23N3/c1-12-8-13(2)10-15(9-12)22-17-7-6-14(19(3,4)5)11-16(17)21-18(22)20/h6-11H,1-5H3,(H2,20,21). The SMILES string of the molecule is Cc1cc(C)cc(-n2c(N)nc3cc(C(C)(C)C)ccc32)c1. The Morgan fingerprint density at radius 2 is 1.59 bits per heavy atom. The van der Waals surface area contributed by atoms with Crippen molar-refractivity contribution in [2.75, 3.05) is 5.73 Å². The van der Waals surface area contributed by atoms with Gasteiger partial charge in [0.2, 0.25) is 5.95 Å². The molecule has 1 aromatic heterocycles. The minimum Gasteiger partial charge on any atom is -0.369 e. The van der Waals surface area contributed by atoms with Crippen molar-refractivity contribution in [3.05, 3.63) is 53.1 Å². The third-order valence-corrected chi connectivity index (χ3v) is 4.01. The van der Waals surface area contributed by atoms with E-state index in [0.717, 1.165) is 16.7 Å². The molecule has 0 bridgehead atoms. The number of hydrogen-bond acceptors (Lipinski definition) is 2. The molecule has 0 spiro atoms. The molecule has 3 nitrogen and oxygen atoms in total. The number of rotatable bonds is 1. The van der Waals surface area contributed by atoms with Gasteiger partial charge in [-0.15, -0.1) is 0 Å². The van der Waals surface area contributed by atoms with Gasteiger partial charge in [-0.05, 0) is 60.2 Å². The van der Waals surface area contributed by atoms with Crippen LogP contribution in [0.5, 0.6) is 0 Å². The van der Waals surface area contributed by atoms with E-state index in [0.29, 0.717) is 5.95 Å². The second kappa shape index (κ2) is 4.87. The van der Waals surface area contributed by atoms with E-state index in [2.05, 4.69) is 76.0 Å². The topological polar surface area (TPSA) is 43.8 Å². The summed E-state index contributed by atoms with van der Waals surface area (Å²) >= 11 is 0. The van der Waals surface area contributed by atoms with Crippen LogP contribution in [0.25, 0.3) is 16.7 Å². The number of imidazole rings is 1. The van der Waals surface area contributed by atoms with E-state index in [1.165, 1.54) is 16.7 Å². The van der Waals surface area contributed by atoms with Crippen LogP contribution in [-0.4, -0.2) is 9.55 Å². The van der Waals surface area contributed by atoms with Crippen LogP contribution in [0.1, 0.15) is 37.5 Å². The number of nitrogen functional groups attached to an aromatic ring is 1. The summed E-state index contributed by atoms with van der Waals surface area (Å²) in [6.45, 7) is 10.8. The second-order valence-corrected chi connectivity index (χ2v) is 7.10. The lowest BCUT2D eigenvalue weighted by Gasteiger charge is -2.18. The fourth-order valence-electron chi connectivity index (χ4n) is 2.92. The minimum absolute atomic E-state index is 0.104. The lowest BCUT2D eigenvalue weighted by Crippen LogP contribution is -2.10. The van der Waals surface area contributed by atoms with E-state index in [1.807, 2.05) is 4.57 Å². The highest BCUT2D eigenvalue weighted by Gasteiger charge is 2.17. The van der Waals surface area contributed by atoms with Gasteiger partial charge in [0.1, 0.15) is 0 Å². The van der Waals surface area contributed by atoms with Gasteiger partial charge in [0.05, 0.1) is 11.0 Å². The van der Waals surface area contributed by atoms with Crippen molar-refractivity contribution in [1.82, 2.24) is 9.55 Å². The number of anilines is 1. The maximum absolute atomic E-state index is 6.20. The summed E-state index contributed by atoms with van der Waals surface area (Å²) in [7, 11) is 0. The summed E-state index contributed by atoms with van der Waals surface area (Å²) in [5.74, 6) is 0.533. The molecule has 0 fully saturated rings. The Morgan fingerprint density at radius 3 is 2.18 bits per heavy atom. The molecule has 0 saturated heterocycles. The van der Waals surface area contributed by atoms with E-state index in [9.17, 15) is 0 Å². The molecular weight excluding hydrogens is 270 g/mol. The average Bonchev–Trinajstić information content (AvgIpc) is 2.71. The molecule has 2 N–H and O–H groups in total. The van der Waals surface area contributed by atoms with Crippen molar-refractivity contribution in [2.24, 2.45) is 0 Å². The first-order chi connectivity index (χ1) is 10.3. The van der Waals surface area contributed by atoms with E-state index in [4.69, 9.17) is 5.73 Å². The maximum Gasteiger partial charge on any atom is 0.205 e. The Morgan fingerprint density at radius 1 is 0.955 bits per heavy atom. The first-order valence-electron chi connectivity index (χ1n) is 7.63. The number of benzene rings is 2. The quantitative estimate of drug-likeness (QED) is 0.716. The number of aryl methyl sites for hydroxylation is 2. The second-order valence-electron chi connectivity index (χ2n) is 7.10. The van der Waals surface area contributed by atoms with Gasteiger partial charge in [-0.2, -0.15) is 0 Å². The Bertz CT molecular complexity index is 831. The molecule has 114 valence electrons. The maximum atomic E-state index is 6.20.